The quantitative estimate of drug-likeness (QED) is 0.725. The van der Waals surface area contributed by atoms with Gasteiger partial charge < -0.3 is 4.90 Å². The predicted octanol–water partition coefficient (Wildman–Crippen LogP) is 3.53. The molecule has 14 heavy (non-hydrogen) atoms. The summed E-state index contributed by atoms with van der Waals surface area (Å²) in [6.45, 7) is 2.22. The highest BCUT2D eigenvalue weighted by atomic mass is 32.1. The van der Waals surface area contributed by atoms with Crippen molar-refractivity contribution in [2.45, 2.75) is 13.3 Å². The minimum absolute atomic E-state index is 1.11. The number of thiophene rings is 1. The lowest BCUT2D eigenvalue weighted by molar-refractivity contribution is 1.11. The van der Waals surface area contributed by atoms with Gasteiger partial charge in [0.25, 0.3) is 0 Å². The Balaban J connectivity index is 2.67. The van der Waals surface area contributed by atoms with E-state index in [9.17, 15) is 0 Å². The highest BCUT2D eigenvalue weighted by Gasteiger charge is 2.04. The average molecular weight is 205 g/mol. The molecule has 0 atom stereocenters. The normalized spacial score (nSPS) is 10.8. The third-order valence-corrected chi connectivity index (χ3v) is 3.52. The molecule has 0 amide bonds. The van der Waals surface area contributed by atoms with Crippen LogP contribution in [-0.2, 0) is 6.42 Å². The van der Waals surface area contributed by atoms with Gasteiger partial charge in [-0.2, -0.15) is 0 Å². The lowest BCUT2D eigenvalue weighted by Crippen LogP contribution is -2.08. The summed E-state index contributed by atoms with van der Waals surface area (Å²) in [5.41, 5.74) is 2.76. The Morgan fingerprint density at radius 3 is 2.71 bits per heavy atom. The Labute approximate surface area is 89.0 Å². The van der Waals surface area contributed by atoms with E-state index in [2.05, 4.69) is 49.5 Å². The zero-order valence-electron chi connectivity index (χ0n) is 8.87. The molecular formula is C12H15NS. The van der Waals surface area contributed by atoms with Crippen LogP contribution in [0.3, 0.4) is 0 Å². The van der Waals surface area contributed by atoms with Crippen molar-refractivity contribution in [3.05, 3.63) is 29.1 Å². The lowest BCUT2D eigenvalue weighted by atomic mass is 10.1. The summed E-state index contributed by atoms with van der Waals surface area (Å²) in [5, 5.41) is 3.54. The predicted molar refractivity (Wildman–Crippen MR) is 65.5 cm³/mol. The number of hydrogen-bond donors (Lipinski definition) is 0. The smallest absolute Gasteiger partial charge is 0.0376 e. The van der Waals surface area contributed by atoms with Gasteiger partial charge in [0.1, 0.15) is 0 Å². The summed E-state index contributed by atoms with van der Waals surface area (Å²) in [4.78, 5) is 2.16. The zero-order valence-corrected chi connectivity index (χ0v) is 9.69. The Bertz CT molecular complexity index is 443. The van der Waals surface area contributed by atoms with Crippen LogP contribution in [-0.4, -0.2) is 14.1 Å². The average Bonchev–Trinajstić information content (AvgIpc) is 2.63. The highest BCUT2D eigenvalue weighted by Crippen LogP contribution is 2.29. The summed E-state index contributed by atoms with van der Waals surface area (Å²) in [5.74, 6) is 0. The molecule has 2 rings (SSSR count). The van der Waals surface area contributed by atoms with Crippen molar-refractivity contribution in [1.29, 1.82) is 0 Å². The first-order valence-corrected chi connectivity index (χ1v) is 5.77. The van der Waals surface area contributed by atoms with Crippen LogP contribution in [0.25, 0.3) is 10.1 Å². The Morgan fingerprint density at radius 1 is 1.29 bits per heavy atom. The molecular weight excluding hydrogens is 190 g/mol. The highest BCUT2D eigenvalue weighted by molar-refractivity contribution is 7.17. The summed E-state index contributed by atoms with van der Waals surface area (Å²) < 4.78 is 1.44. The van der Waals surface area contributed by atoms with E-state index in [-0.39, 0.29) is 0 Å². The number of anilines is 1. The van der Waals surface area contributed by atoms with Gasteiger partial charge in [0.2, 0.25) is 0 Å². The van der Waals surface area contributed by atoms with Crippen molar-refractivity contribution in [3.8, 4) is 0 Å². The van der Waals surface area contributed by atoms with E-state index in [4.69, 9.17) is 0 Å². The molecule has 1 nitrogen and oxygen atoms in total. The first-order chi connectivity index (χ1) is 6.72. The van der Waals surface area contributed by atoms with Gasteiger partial charge in [-0.15, -0.1) is 11.3 Å². The number of hydrogen-bond acceptors (Lipinski definition) is 2. The monoisotopic (exact) mass is 205 g/mol. The van der Waals surface area contributed by atoms with Crippen molar-refractivity contribution in [2.24, 2.45) is 0 Å². The molecule has 0 aliphatic rings. The molecule has 74 valence electrons. The minimum Gasteiger partial charge on any atom is -0.378 e. The first kappa shape index (κ1) is 9.53. The van der Waals surface area contributed by atoms with Crippen molar-refractivity contribution in [3.63, 3.8) is 0 Å². The molecule has 2 heteroatoms. The molecule has 2 aromatic rings. The number of aryl methyl sites for hydroxylation is 1. The zero-order chi connectivity index (χ0) is 10.1. The van der Waals surface area contributed by atoms with E-state index in [1.165, 1.54) is 21.3 Å². The molecule has 0 aliphatic carbocycles. The SMILES string of the molecule is CCc1cc(N(C)C)cc2ccsc12. The van der Waals surface area contributed by atoms with Crippen LogP contribution in [0.5, 0.6) is 0 Å². The lowest BCUT2D eigenvalue weighted by Gasteiger charge is -2.14. The van der Waals surface area contributed by atoms with E-state index in [1.54, 1.807) is 0 Å². The van der Waals surface area contributed by atoms with Crippen LogP contribution in [0.15, 0.2) is 23.6 Å². The molecule has 1 heterocycles. The standard InChI is InChI=1S/C12H15NS/c1-4-9-7-11(13(2)3)8-10-5-6-14-12(9)10/h5-8H,4H2,1-3H3. The van der Waals surface area contributed by atoms with Crippen LogP contribution in [0.4, 0.5) is 5.69 Å². The fraction of sp³-hybridized carbons (Fsp3) is 0.333. The molecule has 0 fully saturated rings. The largest absolute Gasteiger partial charge is 0.378 e. The second-order valence-electron chi connectivity index (χ2n) is 3.69. The maximum atomic E-state index is 2.29. The third-order valence-electron chi connectivity index (χ3n) is 2.51. The molecule has 0 radical (unpaired) electrons. The van der Waals surface area contributed by atoms with Crippen LogP contribution in [0.1, 0.15) is 12.5 Å². The second-order valence-corrected chi connectivity index (χ2v) is 4.61. The third kappa shape index (κ3) is 1.50. The van der Waals surface area contributed by atoms with Crippen LogP contribution in [0.2, 0.25) is 0 Å². The van der Waals surface area contributed by atoms with Crippen molar-refractivity contribution >= 4 is 27.1 Å². The molecule has 0 saturated carbocycles. The maximum Gasteiger partial charge on any atom is 0.0376 e. The molecule has 1 aromatic heterocycles. The second kappa shape index (κ2) is 3.62. The molecule has 1 aromatic carbocycles. The van der Waals surface area contributed by atoms with Crippen LogP contribution in [0, 0.1) is 0 Å². The van der Waals surface area contributed by atoms with E-state index < -0.39 is 0 Å². The Morgan fingerprint density at radius 2 is 2.07 bits per heavy atom. The van der Waals surface area contributed by atoms with Gasteiger partial charge in [-0.05, 0) is 40.9 Å². The number of rotatable bonds is 2. The molecule has 0 bridgehead atoms. The maximum absolute atomic E-state index is 2.29. The molecule has 0 N–H and O–H groups in total. The van der Waals surface area contributed by atoms with E-state index >= 15 is 0 Å². The van der Waals surface area contributed by atoms with Gasteiger partial charge in [0.15, 0.2) is 0 Å². The molecule has 0 aliphatic heterocycles. The van der Waals surface area contributed by atoms with Crippen molar-refractivity contribution in [2.75, 3.05) is 19.0 Å². The van der Waals surface area contributed by atoms with Gasteiger partial charge in [-0.1, -0.05) is 6.92 Å². The first-order valence-electron chi connectivity index (χ1n) is 4.90. The van der Waals surface area contributed by atoms with Gasteiger partial charge in [0, 0.05) is 24.5 Å². The summed E-state index contributed by atoms with van der Waals surface area (Å²) in [6, 6.07) is 6.75. The Hall–Kier alpha value is -1.02. The topological polar surface area (TPSA) is 3.24 Å². The van der Waals surface area contributed by atoms with Crippen molar-refractivity contribution in [1.82, 2.24) is 0 Å². The number of benzene rings is 1. The van der Waals surface area contributed by atoms with E-state index in [0.717, 1.165) is 6.42 Å². The van der Waals surface area contributed by atoms with Gasteiger partial charge in [-0.25, -0.2) is 0 Å². The minimum atomic E-state index is 1.11. The summed E-state index contributed by atoms with van der Waals surface area (Å²) >= 11 is 1.84. The molecule has 0 spiro atoms. The fourth-order valence-electron chi connectivity index (χ4n) is 1.66. The Kier molecular flexibility index (Phi) is 2.46. The molecule has 0 unspecified atom stereocenters. The summed E-state index contributed by atoms with van der Waals surface area (Å²) in [7, 11) is 4.18. The van der Waals surface area contributed by atoms with Crippen molar-refractivity contribution < 1.29 is 0 Å². The molecule has 0 saturated heterocycles. The fourth-order valence-corrected chi connectivity index (χ4v) is 2.63. The van der Waals surface area contributed by atoms with Crippen LogP contribution < -0.4 is 4.90 Å². The number of nitrogens with zero attached hydrogens (tertiary/aromatic N) is 1. The van der Waals surface area contributed by atoms with E-state index in [0.29, 0.717) is 0 Å². The number of fused-ring (bicyclic) bond motifs is 1. The van der Waals surface area contributed by atoms with Crippen LogP contribution >= 0.6 is 11.3 Å². The van der Waals surface area contributed by atoms with E-state index in [1.807, 2.05) is 11.3 Å². The van der Waals surface area contributed by atoms with Gasteiger partial charge in [-0.3, -0.25) is 0 Å². The van der Waals surface area contributed by atoms with Gasteiger partial charge in [0.05, 0.1) is 0 Å². The summed E-state index contributed by atoms with van der Waals surface area (Å²) in [6.07, 6.45) is 1.11. The van der Waals surface area contributed by atoms with Gasteiger partial charge >= 0.3 is 0 Å².